The molecule has 0 aliphatic heterocycles. The van der Waals surface area contributed by atoms with Crippen LogP contribution in [0.4, 0.5) is 8.78 Å². The van der Waals surface area contributed by atoms with Crippen molar-refractivity contribution in [2.24, 2.45) is 0 Å². The number of amides is 1. The third-order valence-corrected chi connectivity index (χ3v) is 3.20. The van der Waals surface area contributed by atoms with Crippen molar-refractivity contribution in [1.29, 1.82) is 0 Å². The van der Waals surface area contributed by atoms with Crippen molar-refractivity contribution in [1.82, 2.24) is 5.32 Å². The number of hydrogen-bond acceptors (Lipinski definition) is 1. The van der Waals surface area contributed by atoms with Crippen molar-refractivity contribution >= 4 is 33.4 Å². The molecule has 2 nitrogen and oxygen atoms in total. The van der Waals surface area contributed by atoms with E-state index in [0.717, 1.165) is 36.7 Å². The van der Waals surface area contributed by atoms with Gasteiger partial charge in [-0.15, -0.1) is 0 Å². The van der Waals surface area contributed by atoms with Gasteiger partial charge in [-0.1, -0.05) is 34.0 Å². The van der Waals surface area contributed by atoms with Crippen LogP contribution in [0.3, 0.4) is 0 Å². The van der Waals surface area contributed by atoms with E-state index in [1.165, 1.54) is 0 Å². The number of carbonyl (C=O) groups excluding carboxylic acids is 1. The lowest BCUT2D eigenvalue weighted by Crippen LogP contribution is -2.25. The van der Waals surface area contributed by atoms with Gasteiger partial charge < -0.3 is 5.32 Å². The Labute approximate surface area is 118 Å². The van der Waals surface area contributed by atoms with Crippen molar-refractivity contribution in [2.75, 3.05) is 11.9 Å². The molecule has 0 bridgehead atoms. The Kier molecular flexibility index (Phi) is 6.57. The first-order valence-corrected chi connectivity index (χ1v) is 7.05. The molecule has 1 aromatic rings. The Morgan fingerprint density at radius 2 is 1.94 bits per heavy atom. The van der Waals surface area contributed by atoms with Crippen molar-refractivity contribution in [2.45, 2.75) is 19.3 Å². The number of rotatable bonds is 6. The zero-order valence-electron chi connectivity index (χ0n) is 9.61. The maximum atomic E-state index is 13.4. The summed E-state index contributed by atoms with van der Waals surface area (Å²) in [6.45, 7) is 0.440. The topological polar surface area (TPSA) is 29.1 Å². The third kappa shape index (κ3) is 4.53. The SMILES string of the molecule is O=C(NCCCCCBr)c1cc(F)c(Cl)cc1F. The number of hydrogen-bond donors (Lipinski definition) is 1. The predicted molar refractivity (Wildman–Crippen MR) is 71.3 cm³/mol. The number of nitrogens with one attached hydrogen (secondary N) is 1. The summed E-state index contributed by atoms with van der Waals surface area (Å²) in [5, 5.41) is 3.12. The number of benzene rings is 1. The summed E-state index contributed by atoms with van der Waals surface area (Å²) < 4.78 is 26.5. The minimum Gasteiger partial charge on any atom is -0.352 e. The van der Waals surface area contributed by atoms with E-state index >= 15 is 0 Å². The molecule has 0 aromatic heterocycles. The standard InChI is InChI=1S/C12H13BrClF2NO/c13-4-2-1-3-5-17-12(18)8-6-11(16)9(14)7-10(8)15/h6-7H,1-5H2,(H,17,18). The van der Waals surface area contributed by atoms with Gasteiger partial charge in [-0.3, -0.25) is 4.79 Å². The Hall–Kier alpha value is -0.680. The van der Waals surface area contributed by atoms with Gasteiger partial charge in [0.2, 0.25) is 0 Å². The molecule has 6 heteroatoms. The molecule has 0 radical (unpaired) electrons. The zero-order chi connectivity index (χ0) is 13.5. The smallest absolute Gasteiger partial charge is 0.254 e. The fourth-order valence-electron chi connectivity index (χ4n) is 1.39. The second kappa shape index (κ2) is 7.69. The molecule has 0 saturated heterocycles. The quantitative estimate of drug-likeness (QED) is 0.475. The molecule has 1 amide bonds. The van der Waals surface area contributed by atoms with Crippen LogP contribution < -0.4 is 5.32 Å². The van der Waals surface area contributed by atoms with Gasteiger partial charge >= 0.3 is 0 Å². The summed E-state index contributed by atoms with van der Waals surface area (Å²) in [4.78, 5) is 11.6. The number of halogens is 4. The van der Waals surface area contributed by atoms with Crippen LogP contribution in [0, 0.1) is 11.6 Å². The van der Waals surface area contributed by atoms with Crippen molar-refractivity contribution in [3.05, 3.63) is 34.4 Å². The second-order valence-electron chi connectivity index (χ2n) is 3.75. The highest BCUT2D eigenvalue weighted by atomic mass is 79.9. The highest BCUT2D eigenvalue weighted by Gasteiger charge is 2.14. The molecule has 0 heterocycles. The highest BCUT2D eigenvalue weighted by molar-refractivity contribution is 9.09. The van der Waals surface area contributed by atoms with E-state index in [1.54, 1.807) is 0 Å². The number of alkyl halides is 1. The van der Waals surface area contributed by atoms with Crippen LogP contribution in [0.25, 0.3) is 0 Å². The van der Waals surface area contributed by atoms with Crippen LogP contribution in [0.1, 0.15) is 29.6 Å². The minimum atomic E-state index is -0.820. The summed E-state index contributed by atoms with van der Waals surface area (Å²) in [5.41, 5.74) is -0.322. The molecule has 0 saturated carbocycles. The van der Waals surface area contributed by atoms with Crippen LogP contribution in [-0.4, -0.2) is 17.8 Å². The molecule has 1 rings (SSSR count). The monoisotopic (exact) mass is 339 g/mol. The summed E-state index contributed by atoms with van der Waals surface area (Å²) in [7, 11) is 0. The molecule has 1 aromatic carbocycles. The molecule has 0 spiro atoms. The van der Waals surface area contributed by atoms with Gasteiger partial charge in [-0.2, -0.15) is 0 Å². The first kappa shape index (κ1) is 15.4. The molecule has 0 unspecified atom stereocenters. The molecule has 0 atom stereocenters. The minimum absolute atomic E-state index is 0.322. The highest BCUT2D eigenvalue weighted by Crippen LogP contribution is 2.19. The van der Waals surface area contributed by atoms with Crippen molar-refractivity contribution in [3.63, 3.8) is 0 Å². The average Bonchev–Trinajstić information content (AvgIpc) is 2.33. The van der Waals surface area contributed by atoms with Gasteiger partial charge in [0, 0.05) is 11.9 Å². The van der Waals surface area contributed by atoms with Crippen molar-refractivity contribution in [3.8, 4) is 0 Å². The summed E-state index contributed by atoms with van der Waals surface area (Å²) in [6, 6.07) is 1.61. The van der Waals surface area contributed by atoms with Gasteiger partial charge in [-0.25, -0.2) is 8.78 Å². The Morgan fingerprint density at radius 1 is 1.22 bits per heavy atom. The molecule has 100 valence electrons. The summed E-state index contributed by atoms with van der Waals surface area (Å²) in [6.07, 6.45) is 2.78. The first-order valence-electron chi connectivity index (χ1n) is 5.55. The lowest BCUT2D eigenvalue weighted by atomic mass is 10.2. The number of unbranched alkanes of at least 4 members (excludes halogenated alkanes) is 2. The first-order chi connectivity index (χ1) is 8.56. The fourth-order valence-corrected chi connectivity index (χ4v) is 1.94. The lowest BCUT2D eigenvalue weighted by molar-refractivity contribution is 0.0948. The van der Waals surface area contributed by atoms with Gasteiger partial charge in [0.25, 0.3) is 5.91 Å². The van der Waals surface area contributed by atoms with Gasteiger partial charge in [-0.05, 0) is 25.0 Å². The predicted octanol–water partition coefficient (Wildman–Crippen LogP) is 3.91. The van der Waals surface area contributed by atoms with Crippen LogP contribution in [-0.2, 0) is 0 Å². The molecular weight excluding hydrogens is 327 g/mol. The maximum Gasteiger partial charge on any atom is 0.254 e. The third-order valence-electron chi connectivity index (χ3n) is 2.35. The lowest BCUT2D eigenvalue weighted by Gasteiger charge is -2.06. The summed E-state index contributed by atoms with van der Waals surface area (Å²) >= 11 is 8.70. The van der Waals surface area contributed by atoms with Crippen LogP contribution >= 0.6 is 27.5 Å². The van der Waals surface area contributed by atoms with Crippen LogP contribution in [0.5, 0.6) is 0 Å². The van der Waals surface area contributed by atoms with Crippen molar-refractivity contribution < 1.29 is 13.6 Å². The molecule has 0 fully saturated rings. The normalized spacial score (nSPS) is 10.4. The maximum absolute atomic E-state index is 13.4. The van der Waals surface area contributed by atoms with Gasteiger partial charge in [0.15, 0.2) is 0 Å². The Morgan fingerprint density at radius 3 is 2.61 bits per heavy atom. The second-order valence-corrected chi connectivity index (χ2v) is 4.95. The van der Waals surface area contributed by atoms with Gasteiger partial charge in [0.05, 0.1) is 10.6 Å². The van der Waals surface area contributed by atoms with E-state index in [9.17, 15) is 13.6 Å². The van der Waals surface area contributed by atoms with Crippen LogP contribution in [0.2, 0.25) is 5.02 Å². The number of carbonyl (C=O) groups is 1. The Balaban J connectivity index is 2.54. The molecule has 18 heavy (non-hydrogen) atoms. The van der Waals surface area contributed by atoms with Gasteiger partial charge in [0.1, 0.15) is 11.6 Å². The largest absolute Gasteiger partial charge is 0.352 e. The summed E-state index contributed by atoms with van der Waals surface area (Å²) in [5.74, 6) is -2.25. The molecule has 0 aliphatic rings. The molecule has 0 aliphatic carbocycles. The van der Waals surface area contributed by atoms with E-state index in [2.05, 4.69) is 21.2 Å². The van der Waals surface area contributed by atoms with E-state index in [1.807, 2.05) is 0 Å². The fraction of sp³-hybridized carbons (Fsp3) is 0.417. The molecular formula is C12H13BrClF2NO. The average molecular weight is 341 g/mol. The molecule has 1 N–H and O–H groups in total. The van der Waals surface area contributed by atoms with E-state index in [0.29, 0.717) is 6.54 Å². The van der Waals surface area contributed by atoms with E-state index < -0.39 is 17.5 Å². The zero-order valence-corrected chi connectivity index (χ0v) is 12.0. The Bertz CT molecular complexity index is 429. The van der Waals surface area contributed by atoms with E-state index in [4.69, 9.17) is 11.6 Å². The van der Waals surface area contributed by atoms with E-state index in [-0.39, 0.29) is 10.6 Å². The van der Waals surface area contributed by atoms with Crippen LogP contribution in [0.15, 0.2) is 12.1 Å².